The van der Waals surface area contributed by atoms with E-state index in [2.05, 4.69) is 10.3 Å². The van der Waals surface area contributed by atoms with E-state index in [1.54, 1.807) is 30.5 Å². The summed E-state index contributed by atoms with van der Waals surface area (Å²) in [6.07, 6.45) is 2.21. The van der Waals surface area contributed by atoms with Crippen molar-refractivity contribution in [3.63, 3.8) is 0 Å². The van der Waals surface area contributed by atoms with Gasteiger partial charge in [0.25, 0.3) is 5.56 Å². The van der Waals surface area contributed by atoms with Crippen LogP contribution in [-0.2, 0) is 24.8 Å². The minimum atomic E-state index is -0.632. The van der Waals surface area contributed by atoms with Crippen LogP contribution in [0.3, 0.4) is 0 Å². The predicted octanol–water partition coefficient (Wildman–Crippen LogP) is 2.35. The minimum absolute atomic E-state index is 0.188. The molecular formula is C20H21ClN4O4. The van der Waals surface area contributed by atoms with Crippen LogP contribution in [0.15, 0.2) is 40.1 Å². The molecule has 0 aliphatic rings. The van der Waals surface area contributed by atoms with E-state index in [0.29, 0.717) is 29.5 Å². The molecule has 0 aliphatic carbocycles. The molecule has 0 atom stereocenters. The number of hydrogen-bond donors (Lipinski definition) is 1. The Bertz CT molecular complexity index is 1180. The number of hydrogen-bond acceptors (Lipinski definition) is 5. The number of aryl methyl sites for hydroxylation is 2. The number of amides is 1. The standard InChI is InChI=1S/C20H21ClN4O4/c1-4-12-10-22-18-16(17(12)29-5-2)19(27)25(20(28)24(18)3)11-15(26)23-14-8-6-13(21)7-9-14/h6-10H,4-5,11H2,1-3H3,(H,23,26). The van der Waals surface area contributed by atoms with E-state index in [0.717, 1.165) is 10.1 Å². The summed E-state index contributed by atoms with van der Waals surface area (Å²) in [4.78, 5) is 42.6. The summed E-state index contributed by atoms with van der Waals surface area (Å²) in [5.74, 6) is -0.115. The number of halogens is 1. The van der Waals surface area contributed by atoms with Crippen LogP contribution in [0.25, 0.3) is 11.0 Å². The summed E-state index contributed by atoms with van der Waals surface area (Å²) in [6, 6.07) is 6.52. The molecule has 0 fully saturated rings. The van der Waals surface area contributed by atoms with E-state index in [1.807, 2.05) is 13.8 Å². The van der Waals surface area contributed by atoms with E-state index < -0.39 is 23.7 Å². The lowest BCUT2D eigenvalue weighted by molar-refractivity contribution is -0.116. The molecule has 1 N–H and O–H groups in total. The molecule has 9 heteroatoms. The van der Waals surface area contributed by atoms with Crippen molar-refractivity contribution in [2.24, 2.45) is 7.05 Å². The van der Waals surface area contributed by atoms with Crippen molar-refractivity contribution in [2.75, 3.05) is 11.9 Å². The molecule has 0 unspecified atom stereocenters. The monoisotopic (exact) mass is 416 g/mol. The molecule has 1 aromatic carbocycles. The summed E-state index contributed by atoms with van der Waals surface area (Å²) in [5.41, 5.74) is 0.242. The first-order valence-electron chi connectivity index (χ1n) is 9.17. The second-order valence-electron chi connectivity index (χ2n) is 6.39. The van der Waals surface area contributed by atoms with Gasteiger partial charge >= 0.3 is 5.69 Å². The fraction of sp³-hybridized carbons (Fsp3) is 0.300. The predicted molar refractivity (Wildman–Crippen MR) is 112 cm³/mol. The van der Waals surface area contributed by atoms with Crippen LogP contribution in [0.2, 0.25) is 5.02 Å². The first-order chi connectivity index (χ1) is 13.9. The first-order valence-corrected chi connectivity index (χ1v) is 9.54. The number of ether oxygens (including phenoxy) is 1. The second-order valence-corrected chi connectivity index (χ2v) is 6.82. The zero-order valence-electron chi connectivity index (χ0n) is 16.4. The molecule has 0 bridgehead atoms. The van der Waals surface area contributed by atoms with Gasteiger partial charge in [0.2, 0.25) is 5.91 Å². The SMILES string of the molecule is CCOc1c(CC)cnc2c1c(=O)n(CC(=O)Nc1ccc(Cl)cc1)c(=O)n2C. The van der Waals surface area contributed by atoms with Gasteiger partial charge < -0.3 is 10.1 Å². The highest BCUT2D eigenvalue weighted by Gasteiger charge is 2.20. The number of anilines is 1. The molecular weight excluding hydrogens is 396 g/mol. The average molecular weight is 417 g/mol. The average Bonchev–Trinajstić information content (AvgIpc) is 2.71. The van der Waals surface area contributed by atoms with E-state index in [9.17, 15) is 14.4 Å². The molecule has 152 valence electrons. The summed E-state index contributed by atoms with van der Waals surface area (Å²) in [6.45, 7) is 3.65. The summed E-state index contributed by atoms with van der Waals surface area (Å²) >= 11 is 5.84. The third-order valence-electron chi connectivity index (χ3n) is 4.48. The summed E-state index contributed by atoms with van der Waals surface area (Å²) < 4.78 is 7.83. The Labute approximate surface area is 171 Å². The molecule has 3 aromatic rings. The van der Waals surface area contributed by atoms with Crippen LogP contribution in [0, 0.1) is 0 Å². The molecule has 1 amide bonds. The lowest BCUT2D eigenvalue weighted by Crippen LogP contribution is -2.42. The molecule has 2 heterocycles. The largest absolute Gasteiger partial charge is 0.493 e. The number of nitrogens with zero attached hydrogens (tertiary/aromatic N) is 3. The number of pyridine rings is 1. The molecule has 0 radical (unpaired) electrons. The van der Waals surface area contributed by atoms with Crippen LogP contribution < -0.4 is 21.3 Å². The molecule has 0 saturated heterocycles. The zero-order valence-corrected chi connectivity index (χ0v) is 17.1. The van der Waals surface area contributed by atoms with Gasteiger partial charge in [-0.15, -0.1) is 0 Å². The number of fused-ring (bicyclic) bond motifs is 1. The van der Waals surface area contributed by atoms with Crippen LogP contribution in [-0.4, -0.2) is 26.6 Å². The van der Waals surface area contributed by atoms with Gasteiger partial charge in [0.15, 0.2) is 5.65 Å². The van der Waals surface area contributed by atoms with Crippen molar-refractivity contribution in [1.82, 2.24) is 14.1 Å². The topological polar surface area (TPSA) is 95.2 Å². The Morgan fingerprint density at radius 3 is 2.52 bits per heavy atom. The highest BCUT2D eigenvalue weighted by Crippen LogP contribution is 2.25. The van der Waals surface area contributed by atoms with E-state index in [1.165, 1.54) is 11.6 Å². The molecule has 8 nitrogen and oxygen atoms in total. The number of nitrogens with one attached hydrogen (secondary N) is 1. The van der Waals surface area contributed by atoms with Crippen LogP contribution >= 0.6 is 11.6 Å². The maximum absolute atomic E-state index is 13.1. The number of rotatable bonds is 6. The number of carbonyl (C=O) groups is 1. The van der Waals surface area contributed by atoms with Crippen molar-refractivity contribution >= 4 is 34.2 Å². The van der Waals surface area contributed by atoms with Gasteiger partial charge in [0.1, 0.15) is 17.7 Å². The molecule has 0 aliphatic heterocycles. The van der Waals surface area contributed by atoms with Gasteiger partial charge in [-0.25, -0.2) is 14.3 Å². The third-order valence-corrected chi connectivity index (χ3v) is 4.73. The lowest BCUT2D eigenvalue weighted by Gasteiger charge is -2.15. The fourth-order valence-electron chi connectivity index (χ4n) is 3.04. The molecule has 3 rings (SSSR count). The summed E-state index contributed by atoms with van der Waals surface area (Å²) in [7, 11) is 1.51. The van der Waals surface area contributed by atoms with E-state index >= 15 is 0 Å². The summed E-state index contributed by atoms with van der Waals surface area (Å²) in [5, 5.41) is 3.37. The Kier molecular flexibility index (Phi) is 6.03. The van der Waals surface area contributed by atoms with Gasteiger partial charge in [-0.1, -0.05) is 18.5 Å². The van der Waals surface area contributed by atoms with Gasteiger partial charge in [0, 0.05) is 29.5 Å². The van der Waals surface area contributed by atoms with Gasteiger partial charge in [-0.05, 0) is 37.6 Å². The van der Waals surface area contributed by atoms with Crippen LogP contribution in [0.1, 0.15) is 19.4 Å². The van der Waals surface area contributed by atoms with Crippen LogP contribution in [0.5, 0.6) is 5.75 Å². The maximum atomic E-state index is 13.1. The molecule has 2 aromatic heterocycles. The normalized spacial score (nSPS) is 10.9. The van der Waals surface area contributed by atoms with Crippen molar-refractivity contribution < 1.29 is 9.53 Å². The highest BCUT2D eigenvalue weighted by molar-refractivity contribution is 6.30. The maximum Gasteiger partial charge on any atom is 0.332 e. The second kappa shape index (κ2) is 8.48. The van der Waals surface area contributed by atoms with Crippen molar-refractivity contribution in [1.29, 1.82) is 0 Å². The minimum Gasteiger partial charge on any atom is -0.493 e. The number of aromatic nitrogens is 3. The Hall–Kier alpha value is -3.13. The zero-order chi connectivity index (χ0) is 21.1. The van der Waals surface area contributed by atoms with Gasteiger partial charge in [-0.3, -0.25) is 14.2 Å². The highest BCUT2D eigenvalue weighted by atomic mass is 35.5. The Morgan fingerprint density at radius 2 is 1.90 bits per heavy atom. The van der Waals surface area contributed by atoms with Gasteiger partial charge in [0.05, 0.1) is 6.61 Å². The first kappa shape index (κ1) is 20.6. The van der Waals surface area contributed by atoms with Gasteiger partial charge in [-0.2, -0.15) is 0 Å². The van der Waals surface area contributed by atoms with E-state index in [4.69, 9.17) is 16.3 Å². The third kappa shape index (κ3) is 4.02. The Morgan fingerprint density at radius 1 is 1.21 bits per heavy atom. The molecule has 29 heavy (non-hydrogen) atoms. The number of benzene rings is 1. The Balaban J connectivity index is 2.09. The van der Waals surface area contributed by atoms with Crippen molar-refractivity contribution in [3.8, 4) is 5.75 Å². The van der Waals surface area contributed by atoms with Crippen molar-refractivity contribution in [2.45, 2.75) is 26.8 Å². The fourth-order valence-corrected chi connectivity index (χ4v) is 3.17. The quantitative estimate of drug-likeness (QED) is 0.665. The van der Waals surface area contributed by atoms with Crippen molar-refractivity contribution in [3.05, 3.63) is 61.9 Å². The van der Waals surface area contributed by atoms with E-state index in [-0.39, 0.29) is 11.0 Å². The molecule has 0 spiro atoms. The lowest BCUT2D eigenvalue weighted by atomic mass is 10.1. The smallest absolute Gasteiger partial charge is 0.332 e. The molecule has 0 saturated carbocycles. The number of carbonyl (C=O) groups excluding carboxylic acids is 1. The van der Waals surface area contributed by atoms with Crippen LogP contribution in [0.4, 0.5) is 5.69 Å².